The van der Waals surface area contributed by atoms with Crippen molar-refractivity contribution in [1.29, 1.82) is 0 Å². The highest BCUT2D eigenvalue weighted by Crippen LogP contribution is 2.16. The van der Waals surface area contributed by atoms with Crippen LogP contribution in [0.3, 0.4) is 0 Å². The van der Waals surface area contributed by atoms with Crippen molar-refractivity contribution in [2.45, 2.75) is 6.92 Å². The lowest BCUT2D eigenvalue weighted by molar-refractivity contribution is 0.0843. The van der Waals surface area contributed by atoms with E-state index in [-0.39, 0.29) is 5.69 Å². The lowest BCUT2D eigenvalue weighted by atomic mass is 10.1. The van der Waals surface area contributed by atoms with E-state index in [4.69, 9.17) is 4.74 Å². The van der Waals surface area contributed by atoms with Gasteiger partial charge in [-0.15, -0.1) is 0 Å². The highest BCUT2D eigenvalue weighted by atomic mass is 16.5. The van der Waals surface area contributed by atoms with E-state index >= 15 is 0 Å². The summed E-state index contributed by atoms with van der Waals surface area (Å²) in [5.41, 5.74) is 6.71. The van der Waals surface area contributed by atoms with Crippen LogP contribution in [0, 0.1) is 0 Å². The van der Waals surface area contributed by atoms with E-state index < -0.39 is 11.8 Å². The van der Waals surface area contributed by atoms with Gasteiger partial charge >= 0.3 is 0 Å². The Balaban J connectivity index is 1.58. The first-order valence-corrected chi connectivity index (χ1v) is 7.97. The molecule has 0 saturated carbocycles. The number of aromatic nitrogens is 3. The number of hydrogen-bond donors (Lipinski definition) is 3. The second-order valence-electron chi connectivity index (χ2n) is 5.26. The summed E-state index contributed by atoms with van der Waals surface area (Å²) in [6, 6.07) is 14.2. The van der Waals surface area contributed by atoms with Crippen LogP contribution in [0.4, 0.5) is 0 Å². The number of ether oxygens (including phenoxy) is 1. The van der Waals surface area contributed by atoms with Gasteiger partial charge in [-0.05, 0) is 19.1 Å². The van der Waals surface area contributed by atoms with Crippen molar-refractivity contribution in [2.75, 3.05) is 6.61 Å². The maximum absolute atomic E-state index is 12.1. The average molecular weight is 351 g/mol. The normalized spacial score (nSPS) is 10.2. The summed E-state index contributed by atoms with van der Waals surface area (Å²) in [6.45, 7) is 2.33. The second kappa shape index (κ2) is 7.93. The minimum Gasteiger partial charge on any atom is -0.478 e. The number of amides is 2. The van der Waals surface area contributed by atoms with E-state index in [1.54, 1.807) is 18.2 Å². The second-order valence-corrected chi connectivity index (χ2v) is 5.26. The van der Waals surface area contributed by atoms with Crippen molar-refractivity contribution in [3.63, 3.8) is 0 Å². The molecule has 0 aliphatic rings. The fourth-order valence-corrected chi connectivity index (χ4v) is 2.20. The summed E-state index contributed by atoms with van der Waals surface area (Å²) in [4.78, 5) is 28.2. The molecule has 2 heterocycles. The number of hydrazine groups is 1. The molecule has 3 N–H and O–H groups in total. The van der Waals surface area contributed by atoms with Crippen LogP contribution in [0.2, 0.25) is 0 Å². The molecule has 0 aliphatic carbocycles. The van der Waals surface area contributed by atoms with Gasteiger partial charge in [0.05, 0.1) is 17.9 Å². The first-order chi connectivity index (χ1) is 12.7. The zero-order valence-electron chi connectivity index (χ0n) is 14.0. The fraction of sp³-hybridized carbons (Fsp3) is 0.111. The van der Waals surface area contributed by atoms with Crippen LogP contribution < -0.4 is 15.6 Å². The highest BCUT2D eigenvalue weighted by Gasteiger charge is 2.13. The summed E-state index contributed by atoms with van der Waals surface area (Å²) >= 11 is 0. The van der Waals surface area contributed by atoms with Gasteiger partial charge < -0.3 is 4.74 Å². The summed E-state index contributed by atoms with van der Waals surface area (Å²) in [5, 5.41) is 6.74. The molecule has 0 unspecified atom stereocenters. The molecule has 3 aromatic rings. The van der Waals surface area contributed by atoms with Crippen LogP contribution in [0.5, 0.6) is 5.88 Å². The Hall–Kier alpha value is -3.68. The standard InChI is InChI=1S/C18H17N5O3/c1-2-26-16-9-8-13(11-19-16)17(24)22-23-18(25)15-10-14(20-21-15)12-6-4-3-5-7-12/h3-11H,2H2,1H3,(H,20,21)(H,22,24)(H,23,25). The molecule has 2 amide bonds. The third-order valence-electron chi connectivity index (χ3n) is 3.47. The third kappa shape index (κ3) is 4.04. The van der Waals surface area contributed by atoms with Gasteiger partial charge in [0.25, 0.3) is 11.8 Å². The van der Waals surface area contributed by atoms with Crippen LogP contribution >= 0.6 is 0 Å². The number of H-pyrrole nitrogens is 1. The molecule has 2 aromatic heterocycles. The molecule has 0 aliphatic heterocycles. The Bertz CT molecular complexity index is 891. The molecule has 0 radical (unpaired) electrons. The minimum absolute atomic E-state index is 0.231. The predicted octanol–water partition coefficient (Wildman–Crippen LogP) is 1.95. The third-order valence-corrected chi connectivity index (χ3v) is 3.47. The van der Waals surface area contributed by atoms with Gasteiger partial charge in [-0.25, -0.2) is 4.98 Å². The largest absolute Gasteiger partial charge is 0.478 e. The number of pyridine rings is 1. The number of hydrogen-bond acceptors (Lipinski definition) is 5. The Morgan fingerprint density at radius 2 is 1.85 bits per heavy atom. The molecule has 0 atom stereocenters. The van der Waals surface area contributed by atoms with E-state index in [0.29, 0.717) is 23.7 Å². The maximum Gasteiger partial charge on any atom is 0.287 e. The van der Waals surface area contributed by atoms with Gasteiger partial charge in [0.2, 0.25) is 5.88 Å². The first-order valence-electron chi connectivity index (χ1n) is 7.97. The van der Waals surface area contributed by atoms with Gasteiger partial charge in [-0.1, -0.05) is 30.3 Å². The number of aromatic amines is 1. The van der Waals surface area contributed by atoms with E-state index in [1.165, 1.54) is 6.20 Å². The number of benzene rings is 1. The van der Waals surface area contributed by atoms with E-state index in [2.05, 4.69) is 26.0 Å². The van der Waals surface area contributed by atoms with Gasteiger partial charge in [0, 0.05) is 17.8 Å². The molecule has 0 spiro atoms. The SMILES string of the molecule is CCOc1ccc(C(=O)NNC(=O)c2cc(-c3ccccc3)n[nH]2)cn1. The maximum atomic E-state index is 12.1. The van der Waals surface area contributed by atoms with Crippen molar-refractivity contribution in [3.8, 4) is 17.1 Å². The van der Waals surface area contributed by atoms with Crippen molar-refractivity contribution in [1.82, 2.24) is 26.0 Å². The molecule has 1 aromatic carbocycles. The Labute approximate surface area is 149 Å². The molecule has 0 fully saturated rings. The molecule has 8 nitrogen and oxygen atoms in total. The summed E-state index contributed by atoms with van der Waals surface area (Å²) in [6.07, 6.45) is 1.37. The first kappa shape index (κ1) is 17.2. The number of carbonyl (C=O) groups is 2. The smallest absolute Gasteiger partial charge is 0.287 e. The summed E-state index contributed by atoms with van der Waals surface area (Å²) in [5.74, 6) is -0.567. The van der Waals surface area contributed by atoms with Crippen LogP contribution in [0.1, 0.15) is 27.8 Å². The van der Waals surface area contributed by atoms with Crippen molar-refractivity contribution in [3.05, 3.63) is 66.0 Å². The summed E-state index contributed by atoms with van der Waals surface area (Å²) < 4.78 is 5.21. The number of nitrogens with one attached hydrogen (secondary N) is 3. The number of nitrogens with zero attached hydrogens (tertiary/aromatic N) is 2. The molecule has 0 bridgehead atoms. The van der Waals surface area contributed by atoms with Gasteiger partial charge in [-0.3, -0.25) is 25.5 Å². The lowest BCUT2D eigenvalue weighted by Gasteiger charge is -2.06. The topological polar surface area (TPSA) is 109 Å². The summed E-state index contributed by atoms with van der Waals surface area (Å²) in [7, 11) is 0. The monoisotopic (exact) mass is 351 g/mol. The number of carbonyl (C=O) groups excluding carboxylic acids is 2. The molecule has 0 saturated heterocycles. The zero-order chi connectivity index (χ0) is 18.4. The fourth-order valence-electron chi connectivity index (χ4n) is 2.20. The van der Waals surface area contributed by atoms with E-state index in [9.17, 15) is 9.59 Å². The van der Waals surface area contributed by atoms with Gasteiger partial charge in [0.15, 0.2) is 0 Å². The molecular formula is C18H17N5O3. The quantitative estimate of drug-likeness (QED) is 0.609. The van der Waals surface area contributed by atoms with Crippen molar-refractivity contribution < 1.29 is 14.3 Å². The van der Waals surface area contributed by atoms with Gasteiger partial charge in [-0.2, -0.15) is 5.10 Å². The van der Waals surface area contributed by atoms with Crippen molar-refractivity contribution in [2.24, 2.45) is 0 Å². The van der Waals surface area contributed by atoms with Crippen LogP contribution in [0.15, 0.2) is 54.7 Å². The molecule has 3 rings (SSSR count). The zero-order valence-corrected chi connectivity index (χ0v) is 14.0. The predicted molar refractivity (Wildman–Crippen MR) is 94.4 cm³/mol. The molecule has 132 valence electrons. The van der Waals surface area contributed by atoms with Crippen LogP contribution in [-0.4, -0.2) is 33.6 Å². The molecule has 26 heavy (non-hydrogen) atoms. The Kier molecular flexibility index (Phi) is 5.23. The molecule has 8 heteroatoms. The Morgan fingerprint density at radius 1 is 1.08 bits per heavy atom. The van der Waals surface area contributed by atoms with Gasteiger partial charge in [0.1, 0.15) is 5.69 Å². The highest BCUT2D eigenvalue weighted by molar-refractivity contribution is 5.98. The van der Waals surface area contributed by atoms with Crippen molar-refractivity contribution >= 4 is 11.8 Å². The van der Waals surface area contributed by atoms with E-state index in [0.717, 1.165) is 5.56 Å². The van der Waals surface area contributed by atoms with Crippen LogP contribution in [0.25, 0.3) is 11.3 Å². The van der Waals surface area contributed by atoms with E-state index in [1.807, 2.05) is 37.3 Å². The van der Waals surface area contributed by atoms with Crippen LogP contribution in [-0.2, 0) is 0 Å². The lowest BCUT2D eigenvalue weighted by Crippen LogP contribution is -2.41. The molecular weight excluding hydrogens is 334 g/mol. The minimum atomic E-state index is -0.507. The number of rotatable bonds is 5. The average Bonchev–Trinajstić information content (AvgIpc) is 3.18. The Morgan fingerprint density at radius 3 is 2.54 bits per heavy atom.